The Hall–Kier alpha value is -2.83. The topological polar surface area (TPSA) is 76.4 Å². The SMILES string of the molecule is COCCOCCN1CC2CC(C1)CN(C(CCCc1ccc(C#N)cc1)Oc1ccc(OC)c(OC)c1)C2. The number of nitrogens with zero attached hydrogens (tertiary/aromatic N) is 3. The lowest BCUT2D eigenvalue weighted by Gasteiger charge is -2.48. The van der Waals surface area contributed by atoms with Crippen molar-refractivity contribution in [3.8, 4) is 23.3 Å². The first-order valence-electron chi connectivity index (χ1n) is 14.0. The van der Waals surface area contributed by atoms with E-state index in [4.69, 9.17) is 28.9 Å². The van der Waals surface area contributed by atoms with Crippen molar-refractivity contribution in [3.63, 3.8) is 0 Å². The number of piperidine rings is 2. The molecule has 0 amide bonds. The highest BCUT2D eigenvalue weighted by atomic mass is 16.5. The van der Waals surface area contributed by atoms with Crippen molar-refractivity contribution in [1.82, 2.24) is 9.80 Å². The molecule has 39 heavy (non-hydrogen) atoms. The number of hydrogen-bond acceptors (Lipinski definition) is 8. The van der Waals surface area contributed by atoms with Crippen LogP contribution in [-0.2, 0) is 15.9 Å². The number of benzene rings is 2. The van der Waals surface area contributed by atoms with E-state index in [1.807, 2.05) is 30.3 Å². The average Bonchev–Trinajstić information content (AvgIpc) is 2.96. The van der Waals surface area contributed by atoms with Crippen molar-refractivity contribution in [3.05, 3.63) is 53.6 Å². The van der Waals surface area contributed by atoms with E-state index in [1.54, 1.807) is 21.3 Å². The molecule has 2 aromatic carbocycles. The first kappa shape index (κ1) is 29.2. The highest BCUT2D eigenvalue weighted by Crippen LogP contribution is 2.34. The largest absolute Gasteiger partial charge is 0.493 e. The maximum Gasteiger partial charge on any atom is 0.164 e. The highest BCUT2D eigenvalue weighted by molar-refractivity contribution is 5.45. The lowest BCUT2D eigenvalue weighted by Crippen LogP contribution is -2.56. The molecule has 2 heterocycles. The minimum atomic E-state index is -0.0179. The predicted molar refractivity (Wildman–Crippen MR) is 150 cm³/mol. The standard InChI is InChI=1S/C31H43N3O5/c1-35-15-16-38-14-13-33-20-26-17-27(21-33)23-34(22-26)31(6-4-5-24-7-9-25(19-32)10-8-24)39-28-11-12-29(36-2)30(18-28)37-3/h7-12,18,26-27,31H,4-6,13-17,20-23H2,1-3H3. The van der Waals surface area contributed by atoms with Gasteiger partial charge in [-0.1, -0.05) is 12.1 Å². The molecular weight excluding hydrogens is 494 g/mol. The van der Waals surface area contributed by atoms with Gasteiger partial charge in [0, 0.05) is 45.9 Å². The van der Waals surface area contributed by atoms with Gasteiger partial charge < -0.3 is 28.6 Å². The van der Waals surface area contributed by atoms with Crippen molar-refractivity contribution in [2.24, 2.45) is 11.8 Å². The van der Waals surface area contributed by atoms with E-state index in [0.717, 1.165) is 64.3 Å². The molecule has 2 aromatic rings. The van der Waals surface area contributed by atoms with Crippen LogP contribution < -0.4 is 14.2 Å². The number of ether oxygens (including phenoxy) is 5. The van der Waals surface area contributed by atoms with Gasteiger partial charge in [0.1, 0.15) is 5.75 Å². The number of aryl methyl sites for hydroxylation is 1. The van der Waals surface area contributed by atoms with Crippen LogP contribution in [0.25, 0.3) is 0 Å². The smallest absolute Gasteiger partial charge is 0.164 e. The number of nitriles is 1. The summed E-state index contributed by atoms with van der Waals surface area (Å²) in [5.74, 6) is 3.42. The van der Waals surface area contributed by atoms with Crippen LogP contribution >= 0.6 is 0 Å². The van der Waals surface area contributed by atoms with Crippen LogP contribution in [0.4, 0.5) is 0 Å². The second-order valence-corrected chi connectivity index (χ2v) is 10.6. The van der Waals surface area contributed by atoms with Gasteiger partial charge in [-0.3, -0.25) is 4.90 Å². The molecule has 2 bridgehead atoms. The minimum absolute atomic E-state index is 0.0179. The molecule has 0 N–H and O–H groups in total. The summed E-state index contributed by atoms with van der Waals surface area (Å²) in [5, 5.41) is 9.09. The normalized spacial score (nSPS) is 20.3. The maximum atomic E-state index is 9.09. The van der Waals surface area contributed by atoms with Crippen molar-refractivity contribution < 1.29 is 23.7 Å². The van der Waals surface area contributed by atoms with Crippen LogP contribution in [0.1, 0.15) is 30.4 Å². The van der Waals surface area contributed by atoms with Crippen LogP contribution in [0.15, 0.2) is 42.5 Å². The summed E-state index contributed by atoms with van der Waals surface area (Å²) in [6.45, 7) is 7.32. The van der Waals surface area contributed by atoms with Gasteiger partial charge in [0.05, 0.1) is 45.7 Å². The van der Waals surface area contributed by atoms with E-state index in [-0.39, 0.29) is 6.23 Å². The Morgan fingerprint density at radius 2 is 1.64 bits per heavy atom. The zero-order valence-corrected chi connectivity index (χ0v) is 23.6. The molecule has 0 aliphatic carbocycles. The number of rotatable bonds is 15. The molecule has 8 heteroatoms. The van der Waals surface area contributed by atoms with Crippen molar-refractivity contribution in [1.29, 1.82) is 5.26 Å². The lowest BCUT2D eigenvalue weighted by atomic mass is 9.84. The Morgan fingerprint density at radius 1 is 0.897 bits per heavy atom. The van der Waals surface area contributed by atoms with E-state index >= 15 is 0 Å². The molecule has 2 aliphatic heterocycles. The van der Waals surface area contributed by atoms with Gasteiger partial charge in [-0.15, -0.1) is 0 Å². The van der Waals surface area contributed by atoms with Crippen LogP contribution in [0.2, 0.25) is 0 Å². The first-order chi connectivity index (χ1) is 19.1. The van der Waals surface area contributed by atoms with E-state index in [2.05, 4.69) is 28.0 Å². The third-order valence-corrected chi connectivity index (χ3v) is 7.70. The van der Waals surface area contributed by atoms with E-state index in [0.29, 0.717) is 42.1 Å². The summed E-state index contributed by atoms with van der Waals surface area (Å²) in [6, 6.07) is 15.9. The van der Waals surface area contributed by atoms with E-state index in [1.165, 1.54) is 12.0 Å². The van der Waals surface area contributed by atoms with Gasteiger partial charge in [0.25, 0.3) is 0 Å². The summed E-state index contributed by atoms with van der Waals surface area (Å²) in [7, 11) is 5.00. The second-order valence-electron chi connectivity index (χ2n) is 10.6. The van der Waals surface area contributed by atoms with Gasteiger partial charge >= 0.3 is 0 Å². The Kier molecular flexibility index (Phi) is 11.3. The predicted octanol–water partition coefficient (Wildman–Crippen LogP) is 4.22. The lowest BCUT2D eigenvalue weighted by molar-refractivity contribution is -0.0576. The summed E-state index contributed by atoms with van der Waals surface area (Å²) >= 11 is 0. The second kappa shape index (κ2) is 15.1. The molecule has 2 aliphatic rings. The zero-order valence-electron chi connectivity index (χ0n) is 23.6. The average molecular weight is 538 g/mol. The Labute approximate surface area is 233 Å². The molecule has 0 aromatic heterocycles. The highest BCUT2D eigenvalue weighted by Gasteiger charge is 2.37. The summed E-state index contributed by atoms with van der Waals surface area (Å²) in [5.41, 5.74) is 1.95. The molecule has 2 fully saturated rings. The molecule has 8 nitrogen and oxygen atoms in total. The summed E-state index contributed by atoms with van der Waals surface area (Å²) < 4.78 is 28.4. The molecule has 3 atom stereocenters. The number of fused-ring (bicyclic) bond motifs is 2. The van der Waals surface area contributed by atoms with Crippen LogP contribution in [0, 0.1) is 23.2 Å². The quantitative estimate of drug-likeness (QED) is 0.313. The Balaban J connectivity index is 1.39. The molecular formula is C31H43N3O5. The van der Waals surface area contributed by atoms with Gasteiger partial charge in [-0.25, -0.2) is 0 Å². The molecule has 2 saturated heterocycles. The van der Waals surface area contributed by atoms with Crippen LogP contribution in [0.5, 0.6) is 17.2 Å². The first-order valence-corrected chi connectivity index (χ1v) is 14.0. The molecule has 212 valence electrons. The summed E-state index contributed by atoms with van der Waals surface area (Å²) in [4.78, 5) is 5.12. The maximum absolute atomic E-state index is 9.09. The molecule has 0 radical (unpaired) electrons. The third kappa shape index (κ3) is 8.58. The monoisotopic (exact) mass is 537 g/mol. The zero-order chi connectivity index (χ0) is 27.5. The molecule has 0 saturated carbocycles. The minimum Gasteiger partial charge on any atom is -0.493 e. The fourth-order valence-electron chi connectivity index (χ4n) is 5.87. The number of likely N-dealkylation sites (tertiary alicyclic amines) is 2. The Morgan fingerprint density at radius 3 is 2.31 bits per heavy atom. The van der Waals surface area contributed by atoms with Gasteiger partial charge in [0.2, 0.25) is 0 Å². The van der Waals surface area contributed by atoms with Crippen molar-refractivity contribution >= 4 is 0 Å². The number of methoxy groups -OCH3 is 3. The Bertz CT molecular complexity index is 1040. The third-order valence-electron chi connectivity index (χ3n) is 7.70. The fourth-order valence-corrected chi connectivity index (χ4v) is 5.87. The van der Waals surface area contributed by atoms with Crippen molar-refractivity contribution in [2.75, 3.05) is 73.9 Å². The fraction of sp³-hybridized carbons (Fsp3) is 0.581. The summed E-state index contributed by atoms with van der Waals surface area (Å²) in [6.07, 6.45) is 4.14. The number of hydrogen-bond donors (Lipinski definition) is 0. The van der Waals surface area contributed by atoms with Crippen LogP contribution in [0.3, 0.4) is 0 Å². The van der Waals surface area contributed by atoms with Gasteiger partial charge in [-0.2, -0.15) is 5.26 Å². The van der Waals surface area contributed by atoms with E-state index < -0.39 is 0 Å². The van der Waals surface area contributed by atoms with Gasteiger partial charge in [0.15, 0.2) is 17.7 Å². The molecule has 0 spiro atoms. The van der Waals surface area contributed by atoms with Crippen LogP contribution in [-0.4, -0.2) is 89.9 Å². The molecule has 3 unspecified atom stereocenters. The van der Waals surface area contributed by atoms with Crippen molar-refractivity contribution in [2.45, 2.75) is 31.9 Å². The van der Waals surface area contributed by atoms with E-state index in [9.17, 15) is 0 Å². The molecule has 4 rings (SSSR count). The van der Waals surface area contributed by atoms with Gasteiger partial charge in [-0.05, 0) is 67.3 Å².